The van der Waals surface area contributed by atoms with Crippen LogP contribution in [0.15, 0.2) is 42.5 Å². The van der Waals surface area contributed by atoms with Gasteiger partial charge in [-0.05, 0) is 49.2 Å². The van der Waals surface area contributed by atoms with Gasteiger partial charge < -0.3 is 14.5 Å². The lowest BCUT2D eigenvalue weighted by molar-refractivity contribution is -0.917. The highest BCUT2D eigenvalue weighted by Crippen LogP contribution is 2.21. The van der Waals surface area contributed by atoms with Crippen LogP contribution in [-0.4, -0.2) is 48.6 Å². The molecule has 1 amide bonds. The van der Waals surface area contributed by atoms with Gasteiger partial charge in [-0.2, -0.15) is 0 Å². The second-order valence-corrected chi connectivity index (χ2v) is 8.61. The minimum Gasteiger partial charge on any atom is -0.484 e. The average Bonchev–Trinajstić information content (AvgIpc) is 3.08. The number of rotatable bonds is 5. The number of carbonyl (C=O) groups is 1. The van der Waals surface area contributed by atoms with Gasteiger partial charge >= 0.3 is 0 Å². The number of aryl methyl sites for hydroxylation is 2. The summed E-state index contributed by atoms with van der Waals surface area (Å²) in [5.41, 5.74) is 3.38. The molecule has 0 bridgehead atoms. The number of hydrogen-bond donors (Lipinski definition) is 1. The molecule has 0 radical (unpaired) electrons. The number of nitrogens with one attached hydrogen (secondary N) is 1. The van der Waals surface area contributed by atoms with E-state index in [2.05, 4.69) is 24.3 Å². The Morgan fingerprint density at radius 2 is 1.86 bits per heavy atom. The van der Waals surface area contributed by atoms with Crippen LogP contribution in [0.2, 0.25) is 0 Å². The van der Waals surface area contributed by atoms with Crippen LogP contribution in [0, 0.1) is 13.8 Å². The average molecular weight is 397 g/mol. The molecule has 2 heterocycles. The van der Waals surface area contributed by atoms with Gasteiger partial charge in [0.15, 0.2) is 6.61 Å². The van der Waals surface area contributed by atoms with E-state index >= 15 is 0 Å². The summed E-state index contributed by atoms with van der Waals surface area (Å²) in [6.45, 7) is 8.56. The van der Waals surface area contributed by atoms with E-state index in [9.17, 15) is 4.79 Å². The lowest BCUT2D eigenvalue weighted by Gasteiger charge is -2.31. The highest BCUT2D eigenvalue weighted by Gasteiger charge is 2.24. The summed E-state index contributed by atoms with van der Waals surface area (Å²) < 4.78 is 6.98. The third-order valence-corrected chi connectivity index (χ3v) is 6.16. The Morgan fingerprint density at radius 1 is 1.14 bits per heavy atom. The highest BCUT2D eigenvalue weighted by molar-refractivity contribution is 7.18. The van der Waals surface area contributed by atoms with Crippen molar-refractivity contribution < 1.29 is 14.4 Å². The van der Waals surface area contributed by atoms with Crippen molar-refractivity contribution in [1.82, 2.24) is 9.88 Å². The van der Waals surface area contributed by atoms with Gasteiger partial charge in [-0.3, -0.25) is 4.79 Å². The van der Waals surface area contributed by atoms with Crippen LogP contribution in [0.25, 0.3) is 10.2 Å². The zero-order valence-electron chi connectivity index (χ0n) is 16.4. The normalized spacial score (nSPS) is 15.1. The maximum Gasteiger partial charge on any atom is 0.260 e. The van der Waals surface area contributed by atoms with E-state index in [4.69, 9.17) is 9.72 Å². The maximum absolute atomic E-state index is 12.5. The van der Waals surface area contributed by atoms with Gasteiger partial charge in [-0.15, -0.1) is 11.3 Å². The molecule has 0 spiro atoms. The maximum atomic E-state index is 12.5. The molecule has 1 N–H and O–H groups in total. The van der Waals surface area contributed by atoms with Gasteiger partial charge in [0.25, 0.3) is 5.91 Å². The number of hydrogen-bond acceptors (Lipinski definition) is 4. The predicted molar refractivity (Wildman–Crippen MR) is 112 cm³/mol. The molecular formula is C22H26N3O2S+. The van der Waals surface area contributed by atoms with E-state index in [1.54, 1.807) is 11.3 Å². The molecule has 1 saturated heterocycles. The lowest BCUT2D eigenvalue weighted by atomic mass is 10.1. The number of amides is 1. The monoisotopic (exact) mass is 396 g/mol. The fourth-order valence-electron chi connectivity index (χ4n) is 3.71. The summed E-state index contributed by atoms with van der Waals surface area (Å²) in [5.74, 6) is 0.837. The summed E-state index contributed by atoms with van der Waals surface area (Å²) >= 11 is 1.77. The highest BCUT2D eigenvalue weighted by atomic mass is 32.1. The molecule has 1 aliphatic rings. The van der Waals surface area contributed by atoms with E-state index in [1.807, 2.05) is 36.9 Å². The Morgan fingerprint density at radius 3 is 2.57 bits per heavy atom. The number of para-hydroxylation sites is 1. The van der Waals surface area contributed by atoms with Gasteiger partial charge in [0.05, 0.1) is 36.4 Å². The van der Waals surface area contributed by atoms with Crippen LogP contribution in [0.1, 0.15) is 16.1 Å². The van der Waals surface area contributed by atoms with E-state index < -0.39 is 0 Å². The molecule has 3 aromatic rings. The number of nitrogens with zero attached hydrogens (tertiary/aromatic N) is 2. The second kappa shape index (κ2) is 8.29. The molecule has 4 rings (SSSR count). The minimum absolute atomic E-state index is 0.0678. The molecule has 0 atom stereocenters. The van der Waals surface area contributed by atoms with Crippen molar-refractivity contribution in [3.05, 3.63) is 58.6 Å². The van der Waals surface area contributed by atoms with E-state index in [-0.39, 0.29) is 12.5 Å². The molecule has 146 valence electrons. The zero-order valence-corrected chi connectivity index (χ0v) is 17.2. The topological polar surface area (TPSA) is 46.9 Å². The number of carbonyl (C=O) groups excluding carboxylic acids is 1. The Labute approximate surface area is 169 Å². The number of thiazole rings is 1. The van der Waals surface area contributed by atoms with Crippen LogP contribution in [0.4, 0.5) is 0 Å². The molecule has 6 heteroatoms. The van der Waals surface area contributed by atoms with Gasteiger partial charge in [-0.25, -0.2) is 4.98 Å². The van der Waals surface area contributed by atoms with Crippen molar-refractivity contribution in [2.45, 2.75) is 20.4 Å². The fraction of sp³-hybridized carbons (Fsp3) is 0.364. The molecule has 0 aliphatic carbocycles. The van der Waals surface area contributed by atoms with Gasteiger partial charge in [0.1, 0.15) is 17.3 Å². The number of ether oxygens (including phenoxy) is 1. The third-order valence-electron chi connectivity index (χ3n) is 5.12. The summed E-state index contributed by atoms with van der Waals surface area (Å²) in [7, 11) is 0. The largest absolute Gasteiger partial charge is 0.484 e. The first-order chi connectivity index (χ1) is 13.6. The van der Waals surface area contributed by atoms with E-state index in [0.717, 1.165) is 55.1 Å². The van der Waals surface area contributed by atoms with E-state index in [0.29, 0.717) is 0 Å². The third kappa shape index (κ3) is 4.51. The Hall–Kier alpha value is -2.44. The zero-order chi connectivity index (χ0) is 19.5. The number of benzene rings is 2. The standard InChI is InChI=1S/C22H25N3O2S/c1-16-11-17(2)13-18(12-16)27-15-22(26)25-9-7-24(8-10-25)14-21-23-19-5-3-4-6-20(19)28-21/h3-6,11-13H,7-10,14-15H2,1-2H3/p+1. The van der Waals surface area contributed by atoms with Crippen molar-refractivity contribution in [2.24, 2.45) is 0 Å². The fourth-order valence-corrected chi connectivity index (χ4v) is 4.75. The van der Waals surface area contributed by atoms with Gasteiger partial charge in [0.2, 0.25) is 0 Å². The SMILES string of the molecule is Cc1cc(C)cc(OCC(=O)N2CC[NH+](Cc3nc4ccccc4s3)CC2)c1. The van der Waals surface area contributed by atoms with Crippen molar-refractivity contribution in [3.63, 3.8) is 0 Å². The van der Waals surface area contributed by atoms with Gasteiger partial charge in [-0.1, -0.05) is 18.2 Å². The molecule has 28 heavy (non-hydrogen) atoms. The smallest absolute Gasteiger partial charge is 0.260 e. The van der Waals surface area contributed by atoms with Crippen LogP contribution < -0.4 is 9.64 Å². The van der Waals surface area contributed by atoms with Crippen molar-refractivity contribution in [2.75, 3.05) is 32.8 Å². The number of fused-ring (bicyclic) bond motifs is 1. The lowest BCUT2D eigenvalue weighted by Crippen LogP contribution is -3.13. The minimum atomic E-state index is 0.0678. The first-order valence-corrected chi connectivity index (χ1v) is 10.6. The first kappa shape index (κ1) is 18.9. The summed E-state index contributed by atoms with van der Waals surface area (Å²) in [6, 6.07) is 14.3. The summed E-state index contributed by atoms with van der Waals surface area (Å²) in [4.78, 5) is 20.6. The number of aromatic nitrogens is 1. The molecule has 1 aromatic heterocycles. The molecule has 1 fully saturated rings. The quantitative estimate of drug-likeness (QED) is 0.719. The Balaban J connectivity index is 1.26. The number of piperazine rings is 1. The molecule has 5 nitrogen and oxygen atoms in total. The first-order valence-electron chi connectivity index (χ1n) is 9.74. The van der Waals surface area contributed by atoms with Crippen LogP contribution in [0.5, 0.6) is 5.75 Å². The summed E-state index contributed by atoms with van der Waals surface area (Å²) in [5, 5.41) is 1.18. The van der Waals surface area contributed by atoms with Crippen molar-refractivity contribution in [1.29, 1.82) is 0 Å². The Bertz CT molecular complexity index is 924. The predicted octanol–water partition coefficient (Wildman–Crippen LogP) is 2.22. The van der Waals surface area contributed by atoms with E-state index in [1.165, 1.54) is 14.6 Å². The molecule has 2 aromatic carbocycles. The van der Waals surface area contributed by atoms with Crippen LogP contribution >= 0.6 is 11.3 Å². The van der Waals surface area contributed by atoms with Crippen LogP contribution in [-0.2, 0) is 11.3 Å². The van der Waals surface area contributed by atoms with Crippen molar-refractivity contribution in [3.8, 4) is 5.75 Å². The summed E-state index contributed by atoms with van der Waals surface area (Å²) in [6.07, 6.45) is 0. The molecular weight excluding hydrogens is 370 g/mol. The molecule has 0 saturated carbocycles. The van der Waals surface area contributed by atoms with Gasteiger partial charge in [0, 0.05) is 0 Å². The number of quaternary nitrogens is 1. The second-order valence-electron chi connectivity index (χ2n) is 7.49. The molecule has 0 unspecified atom stereocenters. The Kier molecular flexibility index (Phi) is 5.59. The van der Waals surface area contributed by atoms with Crippen molar-refractivity contribution >= 4 is 27.5 Å². The molecule has 1 aliphatic heterocycles. The van der Waals surface area contributed by atoms with Crippen LogP contribution in [0.3, 0.4) is 0 Å².